The van der Waals surface area contributed by atoms with E-state index in [4.69, 9.17) is 4.74 Å². The SMILES string of the molecule is COc1cccc(CCNC(=O)N2CCN(c3cccc(C)c3C)CC2)c1. The summed E-state index contributed by atoms with van der Waals surface area (Å²) in [5.74, 6) is 0.849. The van der Waals surface area contributed by atoms with Crippen LogP contribution in [0.3, 0.4) is 0 Å². The number of hydrogen-bond donors (Lipinski definition) is 1. The van der Waals surface area contributed by atoms with Gasteiger partial charge in [0.2, 0.25) is 0 Å². The van der Waals surface area contributed by atoms with E-state index in [2.05, 4.69) is 48.3 Å². The second-order valence-corrected chi connectivity index (χ2v) is 7.03. The Balaban J connectivity index is 1.46. The Hall–Kier alpha value is -2.69. The molecular weight excluding hydrogens is 338 g/mol. The molecule has 1 N–H and O–H groups in total. The van der Waals surface area contributed by atoms with Crippen LogP contribution in [0.5, 0.6) is 5.75 Å². The van der Waals surface area contributed by atoms with Gasteiger partial charge >= 0.3 is 6.03 Å². The molecule has 1 aliphatic heterocycles. The highest BCUT2D eigenvalue weighted by molar-refractivity contribution is 5.74. The van der Waals surface area contributed by atoms with Gasteiger partial charge in [-0.2, -0.15) is 0 Å². The van der Waals surface area contributed by atoms with Gasteiger partial charge in [0.05, 0.1) is 7.11 Å². The van der Waals surface area contributed by atoms with Gasteiger partial charge in [0.25, 0.3) is 0 Å². The fourth-order valence-corrected chi connectivity index (χ4v) is 3.48. The lowest BCUT2D eigenvalue weighted by Crippen LogP contribution is -2.52. The standard InChI is InChI=1S/C22H29N3O2/c1-17-6-4-9-21(18(17)2)24-12-14-25(15-13-24)22(26)23-11-10-19-7-5-8-20(16-19)27-3/h4-9,16H,10-15H2,1-3H3,(H,23,26). The van der Waals surface area contributed by atoms with Gasteiger partial charge in [0.1, 0.15) is 5.75 Å². The van der Waals surface area contributed by atoms with Crippen molar-refractivity contribution in [3.8, 4) is 5.75 Å². The van der Waals surface area contributed by atoms with Crippen LogP contribution in [0.1, 0.15) is 16.7 Å². The first-order valence-corrected chi connectivity index (χ1v) is 9.55. The lowest BCUT2D eigenvalue weighted by Gasteiger charge is -2.37. The number of rotatable bonds is 5. The van der Waals surface area contributed by atoms with Crippen LogP contribution in [-0.2, 0) is 6.42 Å². The molecule has 2 amide bonds. The number of aryl methyl sites for hydroxylation is 1. The van der Waals surface area contributed by atoms with Crippen LogP contribution in [0.15, 0.2) is 42.5 Å². The summed E-state index contributed by atoms with van der Waals surface area (Å²) in [6.45, 7) is 8.17. The second-order valence-electron chi connectivity index (χ2n) is 7.03. The molecule has 5 nitrogen and oxygen atoms in total. The van der Waals surface area contributed by atoms with Gasteiger partial charge in [-0.3, -0.25) is 0 Å². The quantitative estimate of drug-likeness (QED) is 0.881. The molecule has 2 aromatic carbocycles. The Morgan fingerprint density at radius 3 is 2.56 bits per heavy atom. The molecule has 1 heterocycles. The van der Waals surface area contributed by atoms with E-state index in [9.17, 15) is 4.79 Å². The van der Waals surface area contributed by atoms with Crippen molar-refractivity contribution in [2.75, 3.05) is 44.7 Å². The summed E-state index contributed by atoms with van der Waals surface area (Å²) in [4.78, 5) is 16.7. The molecule has 0 spiro atoms. The van der Waals surface area contributed by atoms with Gasteiger partial charge < -0.3 is 19.9 Å². The van der Waals surface area contributed by atoms with Gasteiger partial charge in [-0.25, -0.2) is 4.79 Å². The summed E-state index contributed by atoms with van der Waals surface area (Å²) in [7, 11) is 1.67. The number of anilines is 1. The molecule has 27 heavy (non-hydrogen) atoms. The first kappa shape index (κ1) is 19.1. The summed E-state index contributed by atoms with van der Waals surface area (Å²) in [5, 5.41) is 3.04. The van der Waals surface area contributed by atoms with E-state index in [0.29, 0.717) is 6.54 Å². The van der Waals surface area contributed by atoms with Gasteiger partial charge in [-0.15, -0.1) is 0 Å². The first-order valence-electron chi connectivity index (χ1n) is 9.55. The zero-order valence-electron chi connectivity index (χ0n) is 16.5. The average molecular weight is 367 g/mol. The minimum atomic E-state index is 0.0264. The largest absolute Gasteiger partial charge is 0.497 e. The molecule has 0 radical (unpaired) electrons. The van der Waals surface area contributed by atoms with Crippen molar-refractivity contribution < 1.29 is 9.53 Å². The topological polar surface area (TPSA) is 44.8 Å². The van der Waals surface area contributed by atoms with Crippen LogP contribution in [-0.4, -0.2) is 50.8 Å². The van der Waals surface area contributed by atoms with Crippen molar-refractivity contribution in [1.29, 1.82) is 0 Å². The third-order valence-corrected chi connectivity index (χ3v) is 5.31. The zero-order chi connectivity index (χ0) is 19.2. The maximum atomic E-state index is 12.4. The van der Waals surface area contributed by atoms with E-state index < -0.39 is 0 Å². The minimum absolute atomic E-state index is 0.0264. The van der Waals surface area contributed by atoms with Crippen molar-refractivity contribution in [2.45, 2.75) is 20.3 Å². The Labute approximate surface area is 161 Å². The van der Waals surface area contributed by atoms with Crippen LogP contribution in [0.2, 0.25) is 0 Å². The number of ether oxygens (including phenoxy) is 1. The monoisotopic (exact) mass is 367 g/mol. The van der Waals surface area contributed by atoms with E-state index >= 15 is 0 Å². The number of hydrogen-bond acceptors (Lipinski definition) is 3. The molecule has 2 aromatic rings. The highest BCUT2D eigenvalue weighted by Crippen LogP contribution is 2.23. The number of piperazine rings is 1. The predicted molar refractivity (Wildman–Crippen MR) is 110 cm³/mol. The number of carbonyl (C=O) groups is 1. The highest BCUT2D eigenvalue weighted by Gasteiger charge is 2.22. The average Bonchev–Trinajstić information content (AvgIpc) is 2.70. The molecule has 0 unspecified atom stereocenters. The molecule has 1 fully saturated rings. The van der Waals surface area contributed by atoms with Gasteiger partial charge in [-0.05, 0) is 55.2 Å². The smallest absolute Gasteiger partial charge is 0.317 e. The molecule has 1 aliphatic rings. The van der Waals surface area contributed by atoms with Crippen molar-refractivity contribution in [1.82, 2.24) is 10.2 Å². The molecule has 0 aromatic heterocycles. The summed E-state index contributed by atoms with van der Waals surface area (Å²) in [6, 6.07) is 14.4. The zero-order valence-corrected chi connectivity index (χ0v) is 16.5. The number of urea groups is 1. The van der Waals surface area contributed by atoms with Gasteiger partial charge in [0, 0.05) is 38.4 Å². The summed E-state index contributed by atoms with van der Waals surface area (Å²) in [5.41, 5.74) is 5.08. The molecule has 1 saturated heterocycles. The number of nitrogens with zero attached hydrogens (tertiary/aromatic N) is 2. The van der Waals surface area contributed by atoms with Crippen molar-refractivity contribution in [3.05, 3.63) is 59.2 Å². The highest BCUT2D eigenvalue weighted by atomic mass is 16.5. The third kappa shape index (κ3) is 4.73. The lowest BCUT2D eigenvalue weighted by molar-refractivity contribution is 0.194. The Morgan fingerprint density at radius 1 is 1.07 bits per heavy atom. The second kappa shape index (κ2) is 8.80. The number of nitrogens with one attached hydrogen (secondary N) is 1. The maximum Gasteiger partial charge on any atom is 0.317 e. The summed E-state index contributed by atoms with van der Waals surface area (Å²) >= 11 is 0. The summed E-state index contributed by atoms with van der Waals surface area (Å²) in [6.07, 6.45) is 0.797. The van der Waals surface area contributed by atoms with E-state index in [1.54, 1.807) is 7.11 Å². The number of benzene rings is 2. The van der Waals surface area contributed by atoms with Crippen LogP contribution in [0, 0.1) is 13.8 Å². The van der Waals surface area contributed by atoms with E-state index in [0.717, 1.165) is 43.9 Å². The van der Waals surface area contributed by atoms with Crippen LogP contribution < -0.4 is 15.0 Å². The Morgan fingerprint density at radius 2 is 1.81 bits per heavy atom. The molecule has 3 rings (SSSR count). The molecule has 0 atom stereocenters. The summed E-state index contributed by atoms with van der Waals surface area (Å²) < 4.78 is 5.24. The van der Waals surface area contributed by atoms with E-state index in [1.165, 1.54) is 16.8 Å². The molecule has 0 bridgehead atoms. The van der Waals surface area contributed by atoms with Crippen molar-refractivity contribution in [2.24, 2.45) is 0 Å². The molecule has 144 valence electrons. The van der Waals surface area contributed by atoms with Crippen molar-refractivity contribution >= 4 is 11.7 Å². The van der Waals surface area contributed by atoms with Gasteiger partial charge in [-0.1, -0.05) is 24.3 Å². The Kier molecular flexibility index (Phi) is 6.22. The maximum absolute atomic E-state index is 12.4. The fraction of sp³-hybridized carbons (Fsp3) is 0.409. The normalized spacial score (nSPS) is 14.2. The van der Waals surface area contributed by atoms with Gasteiger partial charge in [0.15, 0.2) is 0 Å². The van der Waals surface area contributed by atoms with E-state index in [-0.39, 0.29) is 6.03 Å². The Bertz CT molecular complexity index is 783. The first-order chi connectivity index (χ1) is 13.1. The molecule has 0 saturated carbocycles. The fourth-order valence-electron chi connectivity index (χ4n) is 3.48. The molecule has 5 heteroatoms. The lowest BCUT2D eigenvalue weighted by atomic mass is 10.1. The third-order valence-electron chi connectivity index (χ3n) is 5.31. The number of carbonyl (C=O) groups excluding carboxylic acids is 1. The van der Waals surface area contributed by atoms with Crippen LogP contribution in [0.25, 0.3) is 0 Å². The van der Waals surface area contributed by atoms with Crippen LogP contribution >= 0.6 is 0 Å². The predicted octanol–water partition coefficient (Wildman–Crippen LogP) is 3.39. The minimum Gasteiger partial charge on any atom is -0.497 e. The van der Waals surface area contributed by atoms with Crippen LogP contribution in [0.4, 0.5) is 10.5 Å². The molecular formula is C22H29N3O2. The van der Waals surface area contributed by atoms with Crippen molar-refractivity contribution in [3.63, 3.8) is 0 Å². The van der Waals surface area contributed by atoms with E-state index in [1.807, 2.05) is 23.1 Å². The number of amides is 2. The molecule has 0 aliphatic carbocycles. The number of methoxy groups -OCH3 is 1.